The Morgan fingerprint density at radius 2 is 1.95 bits per heavy atom. The van der Waals surface area contributed by atoms with Crippen LogP contribution in [0, 0.1) is 0 Å². The largest absolute Gasteiger partial charge is 0.463 e. The van der Waals surface area contributed by atoms with E-state index < -0.39 is 0 Å². The first-order valence-electron chi connectivity index (χ1n) is 7.63. The van der Waals surface area contributed by atoms with E-state index in [9.17, 15) is 9.59 Å². The van der Waals surface area contributed by atoms with Crippen LogP contribution in [0.2, 0.25) is 0 Å². The number of amides is 2. The van der Waals surface area contributed by atoms with Crippen molar-refractivity contribution in [2.24, 2.45) is 0 Å². The SMILES string of the molecule is CCC[C@@H]1NC(=O)N(c2ccccc2)C(C)=C1C(=O)OCC. The van der Waals surface area contributed by atoms with Crippen molar-refractivity contribution in [2.75, 3.05) is 11.5 Å². The number of urea groups is 1. The number of allylic oxidation sites excluding steroid dienone is 1. The maximum atomic E-state index is 12.4. The van der Waals surface area contributed by atoms with Crippen molar-refractivity contribution in [1.82, 2.24) is 5.32 Å². The Morgan fingerprint density at radius 3 is 2.55 bits per heavy atom. The molecular weight excluding hydrogens is 280 g/mol. The molecule has 0 saturated carbocycles. The monoisotopic (exact) mass is 302 g/mol. The molecule has 22 heavy (non-hydrogen) atoms. The summed E-state index contributed by atoms with van der Waals surface area (Å²) in [7, 11) is 0. The van der Waals surface area contributed by atoms with Crippen LogP contribution in [-0.2, 0) is 9.53 Å². The van der Waals surface area contributed by atoms with Crippen molar-refractivity contribution >= 4 is 17.7 Å². The lowest BCUT2D eigenvalue weighted by Crippen LogP contribution is -2.52. The summed E-state index contributed by atoms with van der Waals surface area (Å²) in [6, 6.07) is 8.77. The van der Waals surface area contributed by atoms with Crippen LogP contribution in [0.15, 0.2) is 41.6 Å². The predicted molar refractivity (Wildman–Crippen MR) is 85.5 cm³/mol. The van der Waals surface area contributed by atoms with Crippen molar-refractivity contribution in [2.45, 2.75) is 39.7 Å². The van der Waals surface area contributed by atoms with Gasteiger partial charge in [0, 0.05) is 5.70 Å². The number of anilines is 1. The summed E-state index contributed by atoms with van der Waals surface area (Å²) in [6.07, 6.45) is 1.58. The zero-order valence-electron chi connectivity index (χ0n) is 13.3. The smallest absolute Gasteiger partial charge is 0.337 e. The summed E-state index contributed by atoms with van der Waals surface area (Å²) in [5.74, 6) is -0.362. The molecule has 2 rings (SSSR count). The summed E-state index contributed by atoms with van der Waals surface area (Å²) < 4.78 is 5.17. The topological polar surface area (TPSA) is 58.6 Å². The number of rotatable bonds is 5. The van der Waals surface area contributed by atoms with E-state index in [1.54, 1.807) is 13.8 Å². The van der Waals surface area contributed by atoms with E-state index in [0.29, 0.717) is 24.3 Å². The van der Waals surface area contributed by atoms with Crippen LogP contribution in [0.5, 0.6) is 0 Å². The van der Waals surface area contributed by atoms with Crippen LogP contribution in [0.25, 0.3) is 0 Å². The van der Waals surface area contributed by atoms with E-state index in [4.69, 9.17) is 4.74 Å². The Kier molecular flexibility index (Phi) is 5.20. The average molecular weight is 302 g/mol. The molecule has 1 heterocycles. The predicted octanol–water partition coefficient (Wildman–Crippen LogP) is 3.22. The molecule has 1 N–H and O–H groups in total. The highest BCUT2D eigenvalue weighted by atomic mass is 16.5. The molecule has 1 atom stereocenters. The third kappa shape index (κ3) is 3.13. The van der Waals surface area contributed by atoms with E-state index in [1.807, 2.05) is 37.3 Å². The summed E-state index contributed by atoms with van der Waals surface area (Å²) in [5.41, 5.74) is 1.90. The van der Waals surface area contributed by atoms with Crippen LogP contribution in [0.4, 0.5) is 10.5 Å². The highest BCUT2D eigenvalue weighted by Crippen LogP contribution is 2.28. The van der Waals surface area contributed by atoms with Crippen molar-refractivity contribution in [1.29, 1.82) is 0 Å². The molecule has 0 saturated heterocycles. The molecule has 0 unspecified atom stereocenters. The Balaban J connectivity index is 2.47. The van der Waals surface area contributed by atoms with E-state index >= 15 is 0 Å². The molecule has 1 aliphatic rings. The van der Waals surface area contributed by atoms with Crippen LogP contribution in [0.1, 0.15) is 33.6 Å². The second-order valence-corrected chi connectivity index (χ2v) is 5.18. The Labute approximate surface area is 130 Å². The third-order valence-electron chi connectivity index (χ3n) is 3.66. The molecule has 1 aromatic rings. The molecule has 5 nitrogen and oxygen atoms in total. The van der Waals surface area contributed by atoms with Crippen LogP contribution >= 0.6 is 0 Å². The fourth-order valence-corrected chi connectivity index (χ4v) is 2.70. The minimum absolute atomic E-state index is 0.213. The van der Waals surface area contributed by atoms with Gasteiger partial charge >= 0.3 is 12.0 Å². The first kappa shape index (κ1) is 16.1. The second kappa shape index (κ2) is 7.11. The number of carbonyl (C=O) groups is 2. The average Bonchev–Trinajstić information content (AvgIpc) is 2.48. The van der Waals surface area contributed by atoms with Crippen molar-refractivity contribution < 1.29 is 14.3 Å². The maximum absolute atomic E-state index is 12.4. The first-order valence-corrected chi connectivity index (χ1v) is 7.63. The number of nitrogens with zero attached hydrogens (tertiary/aromatic N) is 1. The lowest BCUT2D eigenvalue weighted by atomic mass is 9.97. The van der Waals surface area contributed by atoms with Crippen molar-refractivity contribution in [3.63, 3.8) is 0 Å². The maximum Gasteiger partial charge on any atom is 0.337 e. The fraction of sp³-hybridized carbons (Fsp3) is 0.412. The lowest BCUT2D eigenvalue weighted by molar-refractivity contribution is -0.139. The van der Waals surface area contributed by atoms with Gasteiger partial charge < -0.3 is 10.1 Å². The lowest BCUT2D eigenvalue weighted by Gasteiger charge is -2.35. The highest BCUT2D eigenvalue weighted by Gasteiger charge is 2.35. The summed E-state index contributed by atoms with van der Waals surface area (Å²) in [4.78, 5) is 26.3. The molecule has 118 valence electrons. The van der Waals surface area contributed by atoms with E-state index in [1.165, 1.54) is 4.90 Å². The molecule has 5 heteroatoms. The number of para-hydroxylation sites is 1. The molecule has 1 aliphatic heterocycles. The van der Waals surface area contributed by atoms with Gasteiger partial charge in [0.1, 0.15) is 0 Å². The number of carbonyl (C=O) groups excluding carboxylic acids is 2. The van der Waals surface area contributed by atoms with E-state index in [-0.39, 0.29) is 18.0 Å². The minimum atomic E-state index is -0.362. The van der Waals surface area contributed by atoms with Gasteiger partial charge in [-0.25, -0.2) is 9.59 Å². The molecule has 0 bridgehead atoms. The van der Waals surface area contributed by atoms with Crippen LogP contribution in [-0.4, -0.2) is 24.6 Å². The molecule has 0 aliphatic carbocycles. The molecule has 0 radical (unpaired) electrons. The Hall–Kier alpha value is -2.30. The van der Waals surface area contributed by atoms with Crippen molar-refractivity contribution in [3.8, 4) is 0 Å². The first-order chi connectivity index (χ1) is 10.6. The van der Waals surface area contributed by atoms with Crippen LogP contribution in [0.3, 0.4) is 0 Å². The van der Waals surface area contributed by atoms with Gasteiger partial charge in [0.25, 0.3) is 0 Å². The van der Waals surface area contributed by atoms with Gasteiger partial charge in [-0.2, -0.15) is 0 Å². The van der Waals surface area contributed by atoms with Crippen molar-refractivity contribution in [3.05, 3.63) is 41.6 Å². The quantitative estimate of drug-likeness (QED) is 0.850. The minimum Gasteiger partial charge on any atom is -0.463 e. The second-order valence-electron chi connectivity index (χ2n) is 5.18. The van der Waals surface area contributed by atoms with E-state index in [2.05, 4.69) is 5.32 Å². The number of benzene rings is 1. The molecular formula is C17H22N2O3. The van der Waals surface area contributed by atoms with Gasteiger partial charge in [-0.3, -0.25) is 4.90 Å². The third-order valence-corrected chi connectivity index (χ3v) is 3.66. The van der Waals surface area contributed by atoms with Gasteiger partial charge in [-0.1, -0.05) is 31.5 Å². The zero-order chi connectivity index (χ0) is 16.1. The van der Waals surface area contributed by atoms with Gasteiger partial charge in [-0.05, 0) is 32.4 Å². The summed E-state index contributed by atoms with van der Waals surface area (Å²) >= 11 is 0. The van der Waals surface area contributed by atoms with Gasteiger partial charge in [0.2, 0.25) is 0 Å². The van der Waals surface area contributed by atoms with Gasteiger partial charge in [0.15, 0.2) is 0 Å². The number of nitrogens with one attached hydrogen (secondary N) is 1. The van der Waals surface area contributed by atoms with Crippen LogP contribution < -0.4 is 10.2 Å². The molecule has 0 spiro atoms. The van der Waals surface area contributed by atoms with Gasteiger partial charge in [-0.15, -0.1) is 0 Å². The fourth-order valence-electron chi connectivity index (χ4n) is 2.70. The number of ether oxygens (including phenoxy) is 1. The molecule has 2 amide bonds. The molecule has 1 aromatic carbocycles. The normalized spacial score (nSPS) is 18.2. The standard InChI is InChI=1S/C17H22N2O3/c1-4-9-14-15(16(20)22-5-2)12(3)19(17(21)18-14)13-10-7-6-8-11-13/h6-8,10-11,14H,4-5,9H2,1-3H3,(H,18,21)/t14-/m0/s1. The van der Waals surface area contributed by atoms with Gasteiger partial charge in [0.05, 0.1) is 23.9 Å². The summed E-state index contributed by atoms with van der Waals surface area (Å²) in [6.45, 7) is 5.90. The highest BCUT2D eigenvalue weighted by molar-refractivity contribution is 6.02. The summed E-state index contributed by atoms with van der Waals surface area (Å²) in [5, 5.41) is 2.91. The molecule has 0 fully saturated rings. The Morgan fingerprint density at radius 1 is 1.27 bits per heavy atom. The Bertz CT molecular complexity index is 581. The zero-order valence-corrected chi connectivity index (χ0v) is 13.3. The van der Waals surface area contributed by atoms with E-state index in [0.717, 1.165) is 12.1 Å². The molecule has 0 aromatic heterocycles. The number of hydrogen-bond donors (Lipinski definition) is 1. The number of esters is 1. The number of hydrogen-bond acceptors (Lipinski definition) is 3.